The van der Waals surface area contributed by atoms with Crippen molar-refractivity contribution >= 4 is 63.1 Å². The monoisotopic (exact) mass is 316 g/mol. The minimum Gasteiger partial charge on any atom is -0.179 e. The first-order valence-electron chi connectivity index (χ1n) is 5.84. The van der Waals surface area contributed by atoms with Crippen molar-refractivity contribution in [3.05, 3.63) is 0 Å². The maximum absolute atomic E-state index is 4.67. The first-order valence-corrected chi connectivity index (χ1v) is 8.77. The molecule has 0 aliphatic heterocycles. The van der Waals surface area contributed by atoms with Gasteiger partial charge in [-0.05, 0) is 55.3 Å². The first-order chi connectivity index (χ1) is 7.65. The molecule has 0 saturated carbocycles. The van der Waals surface area contributed by atoms with Gasteiger partial charge in [-0.15, -0.1) is 0 Å². The Hall–Kier alpha value is 1.75. The smallest absolute Gasteiger partial charge is 0.00535 e. The van der Waals surface area contributed by atoms with Crippen LogP contribution in [0.4, 0.5) is 0 Å². The molecule has 0 spiro atoms. The molecule has 0 aliphatic rings. The SMILES string of the molecule is SCCCC(S)CC(CS)C(S)CCCS. The Bertz CT molecular complexity index is 153. The third kappa shape index (κ3) is 8.78. The molecule has 0 aromatic carbocycles. The number of hydrogen-bond acceptors (Lipinski definition) is 5. The van der Waals surface area contributed by atoms with Gasteiger partial charge in [-0.1, -0.05) is 0 Å². The molecular weight excluding hydrogens is 292 g/mol. The lowest BCUT2D eigenvalue weighted by Crippen LogP contribution is -2.21. The van der Waals surface area contributed by atoms with Gasteiger partial charge in [0.15, 0.2) is 0 Å². The maximum Gasteiger partial charge on any atom is 0.00535 e. The lowest BCUT2D eigenvalue weighted by molar-refractivity contribution is 0.479. The fourth-order valence-electron chi connectivity index (χ4n) is 1.68. The van der Waals surface area contributed by atoms with E-state index in [1.807, 2.05) is 0 Å². The second-order valence-electron chi connectivity index (χ2n) is 4.13. The summed E-state index contributed by atoms with van der Waals surface area (Å²) in [7, 11) is 0. The predicted molar refractivity (Wildman–Crippen MR) is 93.7 cm³/mol. The molecule has 0 heterocycles. The average molecular weight is 317 g/mol. The molecule has 3 atom stereocenters. The van der Waals surface area contributed by atoms with Crippen LogP contribution in [0.1, 0.15) is 32.1 Å². The van der Waals surface area contributed by atoms with E-state index < -0.39 is 0 Å². The molecule has 16 heavy (non-hydrogen) atoms. The lowest BCUT2D eigenvalue weighted by atomic mass is 9.96. The highest BCUT2D eigenvalue weighted by molar-refractivity contribution is 7.82. The summed E-state index contributed by atoms with van der Waals surface area (Å²) in [5, 5.41) is 0.908. The minimum absolute atomic E-state index is 0.440. The largest absolute Gasteiger partial charge is 0.179 e. The highest BCUT2D eigenvalue weighted by Gasteiger charge is 2.19. The Morgan fingerprint density at radius 2 is 1.38 bits per heavy atom. The van der Waals surface area contributed by atoms with E-state index in [2.05, 4.69) is 63.1 Å². The molecule has 0 aliphatic carbocycles. The molecule has 5 heteroatoms. The van der Waals surface area contributed by atoms with Crippen LogP contribution in [-0.2, 0) is 0 Å². The van der Waals surface area contributed by atoms with Crippen molar-refractivity contribution in [1.29, 1.82) is 0 Å². The van der Waals surface area contributed by atoms with Crippen LogP contribution in [0.5, 0.6) is 0 Å². The van der Waals surface area contributed by atoms with E-state index in [4.69, 9.17) is 0 Å². The van der Waals surface area contributed by atoms with Crippen LogP contribution in [0.2, 0.25) is 0 Å². The van der Waals surface area contributed by atoms with Crippen LogP contribution in [0.3, 0.4) is 0 Å². The van der Waals surface area contributed by atoms with Crippen LogP contribution in [0.25, 0.3) is 0 Å². The third-order valence-electron chi connectivity index (χ3n) is 2.71. The van der Waals surface area contributed by atoms with E-state index in [-0.39, 0.29) is 0 Å². The average Bonchev–Trinajstić information content (AvgIpc) is 2.30. The summed E-state index contributed by atoms with van der Waals surface area (Å²) >= 11 is 22.2. The Morgan fingerprint density at radius 1 is 0.812 bits per heavy atom. The van der Waals surface area contributed by atoms with Crippen LogP contribution in [0.15, 0.2) is 0 Å². The standard InChI is InChI=1S/C11H24S5/c12-5-1-3-10(15)7-9(8-14)11(16)4-2-6-13/h9-16H,1-8H2. The molecule has 0 amide bonds. The van der Waals surface area contributed by atoms with Gasteiger partial charge in [0.05, 0.1) is 0 Å². The molecule has 98 valence electrons. The van der Waals surface area contributed by atoms with E-state index in [1.165, 1.54) is 0 Å². The van der Waals surface area contributed by atoms with Crippen LogP contribution >= 0.6 is 63.1 Å². The van der Waals surface area contributed by atoms with Crippen molar-refractivity contribution in [3.63, 3.8) is 0 Å². The Balaban J connectivity index is 3.87. The molecule has 0 aromatic heterocycles. The third-order valence-corrected chi connectivity index (χ3v) is 4.96. The summed E-state index contributed by atoms with van der Waals surface area (Å²) in [4.78, 5) is 0. The quantitative estimate of drug-likeness (QED) is 0.371. The van der Waals surface area contributed by atoms with E-state index in [0.717, 1.165) is 49.4 Å². The number of thiol groups is 5. The molecule has 0 N–H and O–H groups in total. The summed E-state index contributed by atoms with van der Waals surface area (Å²) < 4.78 is 0. The summed E-state index contributed by atoms with van der Waals surface area (Å²) in [6, 6.07) is 0. The molecule has 0 fully saturated rings. The highest BCUT2D eigenvalue weighted by atomic mass is 32.1. The molecule has 0 bridgehead atoms. The van der Waals surface area contributed by atoms with E-state index >= 15 is 0 Å². The fourth-order valence-corrected chi connectivity index (χ4v) is 3.48. The zero-order valence-corrected chi connectivity index (χ0v) is 14.1. The maximum atomic E-state index is 4.67. The Kier molecular flexibility index (Phi) is 13.1. The number of rotatable bonds is 10. The van der Waals surface area contributed by atoms with Crippen molar-refractivity contribution < 1.29 is 0 Å². The van der Waals surface area contributed by atoms with Gasteiger partial charge in [-0.2, -0.15) is 63.1 Å². The van der Waals surface area contributed by atoms with Crippen molar-refractivity contribution in [3.8, 4) is 0 Å². The summed E-state index contributed by atoms with van der Waals surface area (Å²) in [6.07, 6.45) is 5.66. The van der Waals surface area contributed by atoms with E-state index in [1.54, 1.807) is 0 Å². The summed E-state index contributed by atoms with van der Waals surface area (Å²) in [6.45, 7) is 0. The Morgan fingerprint density at radius 3 is 1.88 bits per heavy atom. The van der Waals surface area contributed by atoms with Gasteiger partial charge in [0.25, 0.3) is 0 Å². The normalized spacial score (nSPS) is 17.1. The second-order valence-corrected chi connectivity index (χ2v) is 6.78. The zero-order valence-electron chi connectivity index (χ0n) is 9.62. The Labute approximate surface area is 128 Å². The second kappa shape index (κ2) is 11.8. The van der Waals surface area contributed by atoms with Crippen LogP contribution in [-0.4, -0.2) is 27.8 Å². The minimum atomic E-state index is 0.440. The van der Waals surface area contributed by atoms with Gasteiger partial charge in [-0.3, -0.25) is 0 Å². The van der Waals surface area contributed by atoms with Gasteiger partial charge in [0.1, 0.15) is 0 Å². The predicted octanol–water partition coefficient (Wildman–Crippen LogP) is 3.94. The molecule has 0 radical (unpaired) electrons. The molecule has 0 saturated heterocycles. The van der Waals surface area contributed by atoms with Crippen LogP contribution in [0, 0.1) is 5.92 Å². The van der Waals surface area contributed by atoms with Crippen molar-refractivity contribution in [2.24, 2.45) is 5.92 Å². The van der Waals surface area contributed by atoms with Gasteiger partial charge in [0, 0.05) is 10.5 Å². The number of hydrogen-bond donors (Lipinski definition) is 5. The zero-order chi connectivity index (χ0) is 12.4. The van der Waals surface area contributed by atoms with E-state index in [9.17, 15) is 0 Å². The summed E-state index contributed by atoms with van der Waals surface area (Å²) in [5.74, 6) is 3.36. The van der Waals surface area contributed by atoms with Gasteiger partial charge in [-0.25, -0.2) is 0 Å². The topological polar surface area (TPSA) is 0 Å². The van der Waals surface area contributed by atoms with Gasteiger partial charge in [0.2, 0.25) is 0 Å². The van der Waals surface area contributed by atoms with Crippen molar-refractivity contribution in [1.82, 2.24) is 0 Å². The molecule has 0 nitrogen and oxygen atoms in total. The lowest BCUT2D eigenvalue weighted by Gasteiger charge is -2.24. The first kappa shape index (κ1) is 17.8. The van der Waals surface area contributed by atoms with Gasteiger partial charge >= 0.3 is 0 Å². The molecule has 3 unspecified atom stereocenters. The van der Waals surface area contributed by atoms with Crippen LogP contribution < -0.4 is 0 Å². The van der Waals surface area contributed by atoms with Crippen molar-refractivity contribution in [2.45, 2.75) is 42.6 Å². The van der Waals surface area contributed by atoms with Gasteiger partial charge < -0.3 is 0 Å². The summed E-state index contributed by atoms with van der Waals surface area (Å²) in [5.41, 5.74) is 0. The fraction of sp³-hybridized carbons (Fsp3) is 1.00. The van der Waals surface area contributed by atoms with Crippen molar-refractivity contribution in [2.75, 3.05) is 17.3 Å². The molecule has 0 rings (SSSR count). The molecule has 0 aromatic rings. The molecular formula is C11H24S5. The van der Waals surface area contributed by atoms with E-state index in [0.29, 0.717) is 16.4 Å². The highest BCUT2D eigenvalue weighted by Crippen LogP contribution is 2.25.